The summed E-state index contributed by atoms with van der Waals surface area (Å²) in [5.41, 5.74) is 8.45. The van der Waals surface area contributed by atoms with E-state index < -0.39 is 6.04 Å². The molecule has 0 bridgehead atoms. The molecule has 0 spiro atoms. The number of nitrogens with zero attached hydrogens (tertiary/aromatic N) is 1. The lowest BCUT2D eigenvalue weighted by molar-refractivity contribution is -0.122. The zero-order valence-electron chi connectivity index (χ0n) is 15.8. The first-order valence-corrected chi connectivity index (χ1v) is 10.7. The Morgan fingerprint density at radius 2 is 1.92 bits per heavy atom. The Hall–Kier alpha value is -1.04. The van der Waals surface area contributed by atoms with Gasteiger partial charge in [0.15, 0.2) is 0 Å². The van der Waals surface area contributed by atoms with E-state index in [4.69, 9.17) is 5.73 Å². The van der Waals surface area contributed by atoms with Gasteiger partial charge in [0.1, 0.15) is 0 Å². The van der Waals surface area contributed by atoms with Gasteiger partial charge in [0.05, 0.1) is 6.04 Å². The van der Waals surface area contributed by atoms with Crippen molar-refractivity contribution in [3.05, 3.63) is 35.4 Å². The number of carbonyl (C=O) groups excluding carboxylic acids is 1. The normalized spacial score (nSPS) is 22.6. The molecule has 140 valence electrons. The van der Waals surface area contributed by atoms with Gasteiger partial charge in [-0.25, -0.2) is 0 Å². The highest BCUT2D eigenvalue weighted by molar-refractivity contribution is 7.98. The molecular weight excluding hydrogens is 330 g/mol. The van der Waals surface area contributed by atoms with E-state index in [-0.39, 0.29) is 5.91 Å². The number of piperidine rings is 1. The van der Waals surface area contributed by atoms with E-state index >= 15 is 0 Å². The highest BCUT2D eigenvalue weighted by atomic mass is 32.2. The van der Waals surface area contributed by atoms with Crippen molar-refractivity contribution in [3.8, 4) is 0 Å². The molecule has 1 saturated heterocycles. The molecule has 0 aromatic heterocycles. The Morgan fingerprint density at radius 3 is 2.56 bits per heavy atom. The Labute approximate surface area is 156 Å². The highest BCUT2D eigenvalue weighted by Crippen LogP contribution is 2.23. The molecule has 0 saturated carbocycles. The first-order valence-electron chi connectivity index (χ1n) is 9.31. The van der Waals surface area contributed by atoms with E-state index in [0.29, 0.717) is 6.54 Å². The van der Waals surface area contributed by atoms with Crippen LogP contribution < -0.4 is 11.1 Å². The summed E-state index contributed by atoms with van der Waals surface area (Å²) in [6.07, 6.45) is 4.07. The van der Waals surface area contributed by atoms with Crippen LogP contribution in [0.15, 0.2) is 24.3 Å². The molecule has 1 aromatic rings. The summed E-state index contributed by atoms with van der Waals surface area (Å²) in [4.78, 5) is 14.7. The summed E-state index contributed by atoms with van der Waals surface area (Å²) in [6, 6.07) is 8.00. The second-order valence-electron chi connectivity index (χ2n) is 7.51. The van der Waals surface area contributed by atoms with Crippen molar-refractivity contribution in [3.63, 3.8) is 0 Å². The average Bonchev–Trinajstić information content (AvgIpc) is 2.57. The van der Waals surface area contributed by atoms with Crippen molar-refractivity contribution in [2.45, 2.75) is 45.8 Å². The molecule has 0 radical (unpaired) electrons. The second kappa shape index (κ2) is 10.2. The molecule has 1 fully saturated rings. The van der Waals surface area contributed by atoms with Crippen LogP contribution in [0, 0.1) is 11.8 Å². The van der Waals surface area contributed by atoms with Crippen LogP contribution in [0.4, 0.5) is 0 Å². The van der Waals surface area contributed by atoms with Crippen LogP contribution in [0.5, 0.6) is 0 Å². The zero-order chi connectivity index (χ0) is 18.2. The van der Waals surface area contributed by atoms with E-state index in [1.54, 1.807) is 11.8 Å². The number of carbonyl (C=O) groups is 1. The van der Waals surface area contributed by atoms with Gasteiger partial charge in [0.2, 0.25) is 5.91 Å². The van der Waals surface area contributed by atoms with E-state index in [1.807, 2.05) is 12.3 Å². The van der Waals surface area contributed by atoms with Crippen molar-refractivity contribution in [1.82, 2.24) is 10.2 Å². The van der Waals surface area contributed by atoms with Gasteiger partial charge in [0, 0.05) is 26.2 Å². The fourth-order valence-electron chi connectivity index (χ4n) is 3.74. The highest BCUT2D eigenvalue weighted by Gasteiger charge is 2.22. The molecule has 25 heavy (non-hydrogen) atoms. The number of benzene rings is 1. The standard InChI is InChI=1S/C20H33N3OS/c1-15-10-16(2)13-23(12-15)14-18-7-5-4-6-17(18)11-22-20(24)19(21)8-9-25-3/h4-7,15-16,19H,8-14,21H2,1-3H3,(H,22,24)/t15?,16?,19-/m0/s1. The Morgan fingerprint density at radius 1 is 1.28 bits per heavy atom. The zero-order valence-corrected chi connectivity index (χ0v) is 16.6. The Bertz CT molecular complexity index is 541. The minimum atomic E-state index is -0.414. The molecule has 2 rings (SSSR count). The predicted molar refractivity (Wildman–Crippen MR) is 107 cm³/mol. The third kappa shape index (κ3) is 6.65. The molecule has 1 aliphatic heterocycles. The first-order chi connectivity index (χ1) is 12.0. The average molecular weight is 364 g/mol. The van der Waals surface area contributed by atoms with Crippen molar-refractivity contribution >= 4 is 17.7 Å². The smallest absolute Gasteiger partial charge is 0.237 e. The summed E-state index contributed by atoms with van der Waals surface area (Å²) in [5, 5.41) is 3.01. The van der Waals surface area contributed by atoms with Crippen molar-refractivity contribution in [2.24, 2.45) is 17.6 Å². The second-order valence-corrected chi connectivity index (χ2v) is 8.50. The maximum Gasteiger partial charge on any atom is 0.237 e. The summed E-state index contributed by atoms with van der Waals surface area (Å²) < 4.78 is 0. The summed E-state index contributed by atoms with van der Waals surface area (Å²) in [5.74, 6) is 2.37. The molecule has 3 N–H and O–H groups in total. The number of thioether (sulfide) groups is 1. The molecule has 1 aliphatic rings. The van der Waals surface area contributed by atoms with E-state index in [9.17, 15) is 4.79 Å². The lowest BCUT2D eigenvalue weighted by Gasteiger charge is -2.35. The fraction of sp³-hybridized carbons (Fsp3) is 0.650. The van der Waals surface area contributed by atoms with E-state index in [2.05, 4.69) is 42.3 Å². The van der Waals surface area contributed by atoms with Gasteiger partial charge in [-0.1, -0.05) is 38.1 Å². The summed E-state index contributed by atoms with van der Waals surface area (Å²) in [7, 11) is 0. The van der Waals surface area contributed by atoms with Crippen LogP contribution in [-0.4, -0.2) is 41.9 Å². The number of likely N-dealkylation sites (tertiary alicyclic amines) is 1. The van der Waals surface area contributed by atoms with Crippen LogP contribution in [0.25, 0.3) is 0 Å². The molecular formula is C20H33N3OS. The van der Waals surface area contributed by atoms with Gasteiger partial charge in [-0.2, -0.15) is 11.8 Å². The van der Waals surface area contributed by atoms with Crippen LogP contribution >= 0.6 is 11.8 Å². The van der Waals surface area contributed by atoms with Crippen LogP contribution in [0.2, 0.25) is 0 Å². The molecule has 1 aromatic carbocycles. The molecule has 1 amide bonds. The van der Waals surface area contributed by atoms with Gasteiger partial charge < -0.3 is 11.1 Å². The quantitative estimate of drug-likeness (QED) is 0.746. The number of rotatable bonds is 8. The molecule has 2 unspecified atom stereocenters. The van der Waals surface area contributed by atoms with Gasteiger partial charge in [0.25, 0.3) is 0 Å². The number of nitrogens with one attached hydrogen (secondary N) is 1. The molecule has 3 atom stereocenters. The summed E-state index contributed by atoms with van der Waals surface area (Å²) >= 11 is 1.72. The lowest BCUT2D eigenvalue weighted by Crippen LogP contribution is -2.41. The number of nitrogens with two attached hydrogens (primary N) is 1. The number of hydrogen-bond donors (Lipinski definition) is 2. The monoisotopic (exact) mass is 363 g/mol. The Kier molecular flexibility index (Phi) is 8.27. The minimum absolute atomic E-state index is 0.0518. The van der Waals surface area contributed by atoms with E-state index in [1.165, 1.54) is 17.5 Å². The number of amides is 1. The lowest BCUT2D eigenvalue weighted by atomic mass is 9.91. The van der Waals surface area contributed by atoms with Crippen LogP contribution in [0.3, 0.4) is 0 Å². The maximum atomic E-state index is 12.2. The van der Waals surface area contributed by atoms with Crippen molar-refractivity contribution in [2.75, 3.05) is 25.1 Å². The maximum absolute atomic E-state index is 12.2. The van der Waals surface area contributed by atoms with Crippen molar-refractivity contribution < 1.29 is 4.79 Å². The molecule has 0 aliphatic carbocycles. The topological polar surface area (TPSA) is 58.4 Å². The van der Waals surface area contributed by atoms with E-state index in [0.717, 1.165) is 43.6 Å². The Balaban J connectivity index is 1.92. The first kappa shape index (κ1) is 20.3. The summed E-state index contributed by atoms with van der Waals surface area (Å²) in [6.45, 7) is 8.50. The fourth-order valence-corrected chi connectivity index (χ4v) is 4.23. The SMILES string of the molecule is CSCC[C@H](N)C(=O)NCc1ccccc1CN1CC(C)CC(C)C1. The predicted octanol–water partition coefficient (Wildman–Crippen LogP) is 2.86. The van der Waals surface area contributed by atoms with Gasteiger partial charge in [-0.15, -0.1) is 0 Å². The van der Waals surface area contributed by atoms with Gasteiger partial charge in [-0.3, -0.25) is 9.69 Å². The minimum Gasteiger partial charge on any atom is -0.351 e. The van der Waals surface area contributed by atoms with Crippen LogP contribution in [0.1, 0.15) is 37.8 Å². The number of hydrogen-bond acceptors (Lipinski definition) is 4. The molecule has 4 nitrogen and oxygen atoms in total. The van der Waals surface area contributed by atoms with Gasteiger partial charge >= 0.3 is 0 Å². The van der Waals surface area contributed by atoms with Crippen molar-refractivity contribution in [1.29, 1.82) is 0 Å². The largest absolute Gasteiger partial charge is 0.351 e. The third-order valence-corrected chi connectivity index (χ3v) is 5.52. The molecule has 5 heteroatoms. The van der Waals surface area contributed by atoms with Gasteiger partial charge in [-0.05, 0) is 47.8 Å². The third-order valence-electron chi connectivity index (χ3n) is 4.88. The molecule has 1 heterocycles. The van der Waals surface area contributed by atoms with Crippen LogP contribution in [-0.2, 0) is 17.9 Å².